The number of piperidine rings is 1. The normalized spacial score (nSPS) is 17.0. The van der Waals surface area contributed by atoms with Crippen LogP contribution in [-0.2, 0) is 4.79 Å². The average molecular weight is 384 g/mol. The quantitative estimate of drug-likeness (QED) is 0.551. The second-order valence-electron chi connectivity index (χ2n) is 6.81. The standard InChI is InChI=1S/C20H22ClN5O/c1-22-14-5-6-15(17(21)10-14)12-4-7-18-16(9-12)19(26-25-18)24-20(27)13-3-2-8-23-11-13/h4-7,9-10,13,22-23H,2-3,8,11H2,1H3,(H2,24,25,26,27). The molecule has 0 aliphatic carbocycles. The van der Waals surface area contributed by atoms with Gasteiger partial charge in [-0.25, -0.2) is 0 Å². The summed E-state index contributed by atoms with van der Waals surface area (Å²) in [6, 6.07) is 11.8. The Labute approximate surface area is 162 Å². The largest absolute Gasteiger partial charge is 0.388 e. The number of nitrogens with one attached hydrogen (secondary N) is 4. The van der Waals surface area contributed by atoms with Gasteiger partial charge in [0.1, 0.15) is 0 Å². The van der Waals surface area contributed by atoms with Gasteiger partial charge in [-0.3, -0.25) is 9.89 Å². The molecule has 1 saturated heterocycles. The highest BCUT2D eigenvalue weighted by atomic mass is 35.5. The molecule has 0 bridgehead atoms. The van der Waals surface area contributed by atoms with Gasteiger partial charge in [0.25, 0.3) is 0 Å². The van der Waals surface area contributed by atoms with Gasteiger partial charge in [0.05, 0.1) is 16.5 Å². The number of anilines is 2. The Kier molecular flexibility index (Phi) is 5.01. The molecule has 2 aromatic carbocycles. The lowest BCUT2D eigenvalue weighted by atomic mass is 9.99. The summed E-state index contributed by atoms with van der Waals surface area (Å²) >= 11 is 6.45. The average Bonchev–Trinajstić information content (AvgIpc) is 3.10. The SMILES string of the molecule is CNc1ccc(-c2ccc3[nH]nc(NC(=O)C4CCCNC4)c3c2)c(Cl)c1. The fourth-order valence-corrected chi connectivity index (χ4v) is 3.77. The lowest BCUT2D eigenvalue weighted by Crippen LogP contribution is -2.37. The summed E-state index contributed by atoms with van der Waals surface area (Å²) in [6.45, 7) is 1.69. The second kappa shape index (κ2) is 7.58. The Morgan fingerprint density at radius 3 is 2.89 bits per heavy atom. The molecule has 4 rings (SSSR count). The minimum atomic E-state index is -0.0165. The molecule has 1 unspecified atom stereocenters. The molecule has 6 nitrogen and oxygen atoms in total. The molecule has 0 spiro atoms. The van der Waals surface area contributed by atoms with Crippen molar-refractivity contribution in [3.05, 3.63) is 41.4 Å². The van der Waals surface area contributed by atoms with Gasteiger partial charge in [0, 0.05) is 30.2 Å². The first-order chi connectivity index (χ1) is 13.2. The van der Waals surface area contributed by atoms with Crippen molar-refractivity contribution in [2.75, 3.05) is 30.8 Å². The van der Waals surface area contributed by atoms with E-state index < -0.39 is 0 Å². The number of rotatable bonds is 4. The number of fused-ring (bicyclic) bond motifs is 1. The van der Waals surface area contributed by atoms with Crippen molar-refractivity contribution in [2.45, 2.75) is 12.8 Å². The van der Waals surface area contributed by atoms with E-state index in [2.05, 4.69) is 26.1 Å². The number of hydrogen-bond acceptors (Lipinski definition) is 4. The van der Waals surface area contributed by atoms with E-state index >= 15 is 0 Å². The van der Waals surface area contributed by atoms with Gasteiger partial charge in [-0.1, -0.05) is 23.7 Å². The Bertz CT molecular complexity index is 978. The van der Waals surface area contributed by atoms with Crippen LogP contribution >= 0.6 is 11.6 Å². The minimum Gasteiger partial charge on any atom is -0.388 e. The van der Waals surface area contributed by atoms with Crippen LogP contribution in [0.15, 0.2) is 36.4 Å². The van der Waals surface area contributed by atoms with Crippen LogP contribution in [0.4, 0.5) is 11.5 Å². The molecule has 2 heterocycles. The molecular weight excluding hydrogens is 362 g/mol. The predicted octanol–water partition coefficient (Wildman–Crippen LogP) is 3.86. The Balaban J connectivity index is 1.64. The van der Waals surface area contributed by atoms with Crippen LogP contribution < -0.4 is 16.0 Å². The number of benzene rings is 2. The van der Waals surface area contributed by atoms with Crippen LogP contribution in [0.1, 0.15) is 12.8 Å². The van der Waals surface area contributed by atoms with E-state index in [0.29, 0.717) is 17.4 Å². The Morgan fingerprint density at radius 1 is 1.26 bits per heavy atom. The van der Waals surface area contributed by atoms with Crippen LogP contribution in [0.2, 0.25) is 5.02 Å². The van der Waals surface area contributed by atoms with Gasteiger partial charge >= 0.3 is 0 Å². The zero-order valence-corrected chi connectivity index (χ0v) is 15.9. The molecule has 27 heavy (non-hydrogen) atoms. The fourth-order valence-electron chi connectivity index (χ4n) is 3.48. The number of carbonyl (C=O) groups is 1. The first-order valence-electron chi connectivity index (χ1n) is 9.13. The molecule has 1 aliphatic heterocycles. The number of halogens is 1. The monoisotopic (exact) mass is 383 g/mol. The lowest BCUT2D eigenvalue weighted by Gasteiger charge is -2.21. The molecule has 1 aliphatic rings. The van der Waals surface area contributed by atoms with Crippen molar-refractivity contribution in [2.24, 2.45) is 5.92 Å². The summed E-state index contributed by atoms with van der Waals surface area (Å²) in [5.41, 5.74) is 3.75. The molecule has 1 aromatic heterocycles. The maximum Gasteiger partial charge on any atom is 0.229 e. The van der Waals surface area contributed by atoms with Crippen molar-refractivity contribution in [1.82, 2.24) is 15.5 Å². The molecule has 1 amide bonds. The summed E-state index contributed by atoms with van der Waals surface area (Å²) in [4.78, 5) is 12.6. The van der Waals surface area contributed by atoms with Crippen molar-refractivity contribution in [1.29, 1.82) is 0 Å². The summed E-state index contributed by atoms with van der Waals surface area (Å²) < 4.78 is 0. The molecule has 4 N–H and O–H groups in total. The molecule has 140 valence electrons. The highest BCUT2D eigenvalue weighted by Gasteiger charge is 2.22. The predicted molar refractivity (Wildman–Crippen MR) is 110 cm³/mol. The highest BCUT2D eigenvalue weighted by Crippen LogP contribution is 2.33. The number of carbonyl (C=O) groups excluding carboxylic acids is 1. The highest BCUT2D eigenvalue weighted by molar-refractivity contribution is 6.33. The third-order valence-corrected chi connectivity index (χ3v) is 5.35. The number of hydrogen-bond donors (Lipinski definition) is 4. The molecule has 1 fully saturated rings. The molecular formula is C20H22ClN5O. The van der Waals surface area contributed by atoms with E-state index in [4.69, 9.17) is 11.6 Å². The summed E-state index contributed by atoms with van der Waals surface area (Å²) in [7, 11) is 1.86. The maximum atomic E-state index is 12.6. The van der Waals surface area contributed by atoms with Crippen LogP contribution in [0.5, 0.6) is 0 Å². The number of nitrogens with zero attached hydrogens (tertiary/aromatic N) is 1. The lowest BCUT2D eigenvalue weighted by molar-refractivity contribution is -0.120. The van der Waals surface area contributed by atoms with E-state index in [0.717, 1.165) is 47.1 Å². The number of H-pyrrole nitrogens is 1. The first kappa shape index (κ1) is 17.8. The van der Waals surface area contributed by atoms with Crippen molar-refractivity contribution in [3.63, 3.8) is 0 Å². The van der Waals surface area contributed by atoms with Gasteiger partial charge in [-0.15, -0.1) is 0 Å². The van der Waals surface area contributed by atoms with Crippen LogP contribution in [0.3, 0.4) is 0 Å². The van der Waals surface area contributed by atoms with Gasteiger partial charge < -0.3 is 16.0 Å². The van der Waals surface area contributed by atoms with E-state index in [1.54, 1.807) is 0 Å². The zero-order valence-electron chi connectivity index (χ0n) is 15.1. The summed E-state index contributed by atoms with van der Waals surface area (Å²) in [5.74, 6) is 0.556. The smallest absolute Gasteiger partial charge is 0.229 e. The van der Waals surface area contributed by atoms with Gasteiger partial charge in [-0.05, 0) is 49.2 Å². The molecule has 0 radical (unpaired) electrons. The molecule has 0 saturated carbocycles. The topological polar surface area (TPSA) is 81.8 Å². The van der Waals surface area contributed by atoms with Crippen molar-refractivity contribution in [3.8, 4) is 11.1 Å². The van der Waals surface area contributed by atoms with E-state index in [-0.39, 0.29) is 11.8 Å². The van der Waals surface area contributed by atoms with E-state index in [1.807, 2.05) is 43.4 Å². The second-order valence-corrected chi connectivity index (χ2v) is 7.22. The molecule has 1 atom stereocenters. The fraction of sp³-hybridized carbons (Fsp3) is 0.300. The van der Waals surface area contributed by atoms with Crippen LogP contribution in [0, 0.1) is 5.92 Å². The number of aromatic nitrogens is 2. The minimum absolute atomic E-state index is 0.0115. The van der Waals surface area contributed by atoms with E-state index in [9.17, 15) is 4.79 Å². The van der Waals surface area contributed by atoms with Gasteiger partial charge in [-0.2, -0.15) is 5.10 Å². The number of aromatic amines is 1. The van der Waals surface area contributed by atoms with Gasteiger partial charge in [0.2, 0.25) is 5.91 Å². The van der Waals surface area contributed by atoms with Crippen molar-refractivity contribution >= 4 is 39.9 Å². The Hall–Kier alpha value is -2.57. The summed E-state index contributed by atoms with van der Waals surface area (Å²) in [5, 5.41) is 18.2. The van der Waals surface area contributed by atoms with Gasteiger partial charge in [0.15, 0.2) is 5.82 Å². The Morgan fingerprint density at radius 2 is 2.15 bits per heavy atom. The van der Waals surface area contributed by atoms with Crippen LogP contribution in [0.25, 0.3) is 22.0 Å². The summed E-state index contributed by atoms with van der Waals surface area (Å²) in [6.07, 6.45) is 1.92. The van der Waals surface area contributed by atoms with E-state index in [1.165, 1.54) is 0 Å². The molecule has 7 heteroatoms. The number of amides is 1. The third kappa shape index (κ3) is 3.63. The van der Waals surface area contributed by atoms with Crippen molar-refractivity contribution < 1.29 is 4.79 Å². The molecule has 3 aromatic rings. The third-order valence-electron chi connectivity index (χ3n) is 5.04. The maximum absolute atomic E-state index is 12.6. The van der Waals surface area contributed by atoms with Crippen LogP contribution in [-0.4, -0.2) is 36.2 Å². The zero-order chi connectivity index (χ0) is 18.8. The first-order valence-corrected chi connectivity index (χ1v) is 9.51.